The number of fused-ring (bicyclic) bond motifs is 1. The molecule has 0 unspecified atom stereocenters. The third-order valence-electron chi connectivity index (χ3n) is 1.53. The van der Waals surface area contributed by atoms with Gasteiger partial charge in [0, 0.05) is 0 Å². The van der Waals surface area contributed by atoms with Gasteiger partial charge in [0.05, 0.1) is 14.8 Å². The van der Waals surface area contributed by atoms with Crippen molar-refractivity contribution in [1.29, 1.82) is 0 Å². The average molecular weight is 213 g/mol. The van der Waals surface area contributed by atoms with E-state index in [1.807, 2.05) is 18.2 Å². The topological polar surface area (TPSA) is 12.9 Å². The summed E-state index contributed by atoms with van der Waals surface area (Å²) in [5.74, 6) is 0. The van der Waals surface area contributed by atoms with Crippen molar-refractivity contribution in [2.45, 2.75) is 4.58 Å². The molecule has 0 bridgehead atoms. The molecule has 1 aromatic heterocycles. The van der Waals surface area contributed by atoms with E-state index in [0.717, 1.165) is 10.5 Å². The molecular formula is C8H7NS3. The first-order valence-electron chi connectivity index (χ1n) is 3.49. The highest BCUT2D eigenvalue weighted by molar-refractivity contribution is 7.98. The molecule has 2 rings (SSSR count). The molecule has 0 aliphatic heterocycles. The molecule has 62 valence electrons. The second-order valence-corrected chi connectivity index (χ2v) is 4.90. The van der Waals surface area contributed by atoms with Crippen LogP contribution in [0.25, 0.3) is 10.2 Å². The van der Waals surface area contributed by atoms with Crippen LogP contribution in [0.3, 0.4) is 0 Å². The normalized spacial score (nSPS) is 11.2. The van der Waals surface area contributed by atoms with Crippen molar-refractivity contribution in [1.82, 2.24) is 4.98 Å². The molecule has 0 aliphatic rings. The number of rotatable bonds is 1. The molecule has 1 aromatic carbocycles. The molecule has 1 heterocycles. The third-order valence-corrected chi connectivity index (χ3v) is 3.47. The zero-order valence-electron chi connectivity index (χ0n) is 6.14. The summed E-state index contributed by atoms with van der Waals surface area (Å²) in [5.41, 5.74) is 1.03. The quantitative estimate of drug-likeness (QED) is 0.548. The second-order valence-electron chi connectivity index (χ2n) is 2.39. The molecule has 0 saturated heterocycles. The van der Waals surface area contributed by atoms with Crippen LogP contribution in [0.4, 0.5) is 0 Å². The molecule has 0 aliphatic carbocycles. The minimum absolute atomic E-state index is 0.0672. The monoisotopic (exact) mass is 213 g/mol. The van der Waals surface area contributed by atoms with Crippen LogP contribution >= 0.6 is 36.6 Å². The van der Waals surface area contributed by atoms with Crippen molar-refractivity contribution in [2.75, 3.05) is 0 Å². The lowest BCUT2D eigenvalue weighted by molar-refractivity contribution is 1.30. The van der Waals surface area contributed by atoms with Gasteiger partial charge in [-0.15, -0.1) is 11.3 Å². The largest absolute Gasteiger partial charge is 0.239 e. The van der Waals surface area contributed by atoms with Crippen LogP contribution in [-0.4, -0.2) is 4.98 Å². The fourth-order valence-electron chi connectivity index (χ4n) is 1.00. The Kier molecular flexibility index (Phi) is 2.30. The van der Waals surface area contributed by atoms with Crippen molar-refractivity contribution in [3.05, 3.63) is 29.3 Å². The van der Waals surface area contributed by atoms with Crippen LogP contribution in [0, 0.1) is 0 Å². The fraction of sp³-hybridized carbons (Fsp3) is 0.125. The molecule has 0 atom stereocenters. The predicted octanol–water partition coefficient (Wildman–Crippen LogP) is 3.15. The number of hydrogen-bond donors (Lipinski definition) is 2. The van der Waals surface area contributed by atoms with Gasteiger partial charge >= 0.3 is 0 Å². The summed E-state index contributed by atoms with van der Waals surface area (Å²) in [6.07, 6.45) is 0. The zero-order valence-corrected chi connectivity index (χ0v) is 8.74. The van der Waals surface area contributed by atoms with Gasteiger partial charge in [-0.2, -0.15) is 25.3 Å². The van der Waals surface area contributed by atoms with Gasteiger partial charge in [-0.05, 0) is 12.1 Å². The number of para-hydroxylation sites is 1. The molecule has 0 fully saturated rings. The van der Waals surface area contributed by atoms with Crippen LogP contribution < -0.4 is 0 Å². The number of thiol groups is 2. The Hall–Kier alpha value is -0.190. The summed E-state index contributed by atoms with van der Waals surface area (Å²) in [4.78, 5) is 4.38. The summed E-state index contributed by atoms with van der Waals surface area (Å²) < 4.78 is 1.13. The molecule has 0 saturated carbocycles. The fourth-order valence-corrected chi connectivity index (χ4v) is 2.27. The first-order chi connectivity index (χ1) is 5.77. The maximum absolute atomic E-state index is 4.38. The van der Waals surface area contributed by atoms with Crippen molar-refractivity contribution in [3.63, 3.8) is 0 Å². The SMILES string of the molecule is SC(S)c1nc2ccccc2s1. The standard InChI is InChI=1S/C8H7NS3/c10-8(11)7-9-5-3-1-2-4-6(5)12-7/h1-4,8,10-11H. The molecule has 0 radical (unpaired) electrons. The van der Waals surface area contributed by atoms with E-state index in [-0.39, 0.29) is 4.58 Å². The van der Waals surface area contributed by atoms with Gasteiger partial charge in [-0.3, -0.25) is 0 Å². The summed E-state index contributed by atoms with van der Waals surface area (Å²) in [6, 6.07) is 8.05. The van der Waals surface area contributed by atoms with Crippen LogP contribution in [0.15, 0.2) is 24.3 Å². The van der Waals surface area contributed by atoms with Crippen LogP contribution in [0.5, 0.6) is 0 Å². The van der Waals surface area contributed by atoms with Gasteiger partial charge in [0.2, 0.25) is 0 Å². The number of benzene rings is 1. The Balaban J connectivity index is 2.62. The lowest BCUT2D eigenvalue weighted by atomic mass is 10.3. The van der Waals surface area contributed by atoms with E-state index in [1.54, 1.807) is 11.3 Å². The van der Waals surface area contributed by atoms with Gasteiger partial charge in [-0.1, -0.05) is 12.1 Å². The van der Waals surface area contributed by atoms with Gasteiger partial charge in [0.25, 0.3) is 0 Å². The smallest absolute Gasteiger partial charge is 0.116 e. The molecule has 2 aromatic rings. The Morgan fingerprint density at radius 3 is 2.67 bits per heavy atom. The molecule has 4 heteroatoms. The maximum atomic E-state index is 4.38. The Morgan fingerprint density at radius 1 is 1.25 bits per heavy atom. The highest BCUT2D eigenvalue weighted by Crippen LogP contribution is 2.31. The van der Waals surface area contributed by atoms with E-state index in [2.05, 4.69) is 36.3 Å². The van der Waals surface area contributed by atoms with Crippen molar-refractivity contribution < 1.29 is 0 Å². The van der Waals surface area contributed by atoms with Gasteiger partial charge in [-0.25, -0.2) is 4.98 Å². The van der Waals surface area contributed by atoms with Gasteiger partial charge in [0.15, 0.2) is 0 Å². The van der Waals surface area contributed by atoms with E-state index >= 15 is 0 Å². The van der Waals surface area contributed by atoms with Crippen LogP contribution in [-0.2, 0) is 0 Å². The zero-order chi connectivity index (χ0) is 8.55. The maximum Gasteiger partial charge on any atom is 0.116 e. The number of hydrogen-bond acceptors (Lipinski definition) is 4. The van der Waals surface area contributed by atoms with E-state index in [1.165, 1.54) is 4.70 Å². The minimum Gasteiger partial charge on any atom is -0.239 e. The van der Waals surface area contributed by atoms with E-state index < -0.39 is 0 Å². The highest BCUT2D eigenvalue weighted by Gasteiger charge is 2.06. The minimum atomic E-state index is -0.0672. The molecular weight excluding hydrogens is 206 g/mol. The second kappa shape index (κ2) is 3.28. The van der Waals surface area contributed by atoms with E-state index in [9.17, 15) is 0 Å². The van der Waals surface area contributed by atoms with Crippen molar-refractivity contribution in [3.8, 4) is 0 Å². The van der Waals surface area contributed by atoms with Crippen LogP contribution in [0.2, 0.25) is 0 Å². The molecule has 0 N–H and O–H groups in total. The molecule has 12 heavy (non-hydrogen) atoms. The Labute approximate surface area is 85.6 Å². The highest BCUT2D eigenvalue weighted by atomic mass is 32.2. The predicted molar refractivity (Wildman–Crippen MR) is 60.3 cm³/mol. The summed E-state index contributed by atoms with van der Waals surface area (Å²) >= 11 is 10.1. The van der Waals surface area contributed by atoms with Crippen molar-refractivity contribution >= 4 is 46.8 Å². The first kappa shape index (κ1) is 8.41. The van der Waals surface area contributed by atoms with Crippen LogP contribution in [0.1, 0.15) is 9.59 Å². The summed E-state index contributed by atoms with van der Waals surface area (Å²) in [6.45, 7) is 0. The first-order valence-corrected chi connectivity index (χ1v) is 5.34. The van der Waals surface area contributed by atoms with E-state index in [0.29, 0.717) is 0 Å². The van der Waals surface area contributed by atoms with Gasteiger partial charge in [0.1, 0.15) is 5.01 Å². The number of thiazole rings is 1. The Bertz CT molecular complexity index is 361. The van der Waals surface area contributed by atoms with E-state index in [4.69, 9.17) is 0 Å². The summed E-state index contributed by atoms with van der Waals surface area (Å²) in [7, 11) is 0. The average Bonchev–Trinajstić information content (AvgIpc) is 2.46. The molecule has 0 amide bonds. The lowest BCUT2D eigenvalue weighted by Gasteiger charge is -1.92. The van der Waals surface area contributed by atoms with Crippen molar-refractivity contribution in [2.24, 2.45) is 0 Å². The molecule has 1 nitrogen and oxygen atoms in total. The molecule has 0 spiro atoms. The summed E-state index contributed by atoms with van der Waals surface area (Å²) in [5, 5.41) is 0.961. The Morgan fingerprint density at radius 2 is 2.00 bits per heavy atom. The number of nitrogens with zero attached hydrogens (tertiary/aromatic N) is 1. The number of aromatic nitrogens is 1. The van der Waals surface area contributed by atoms with Gasteiger partial charge < -0.3 is 0 Å². The third kappa shape index (κ3) is 1.46. The lowest BCUT2D eigenvalue weighted by Crippen LogP contribution is -1.76.